The molecule has 0 atom stereocenters. The highest BCUT2D eigenvalue weighted by Gasteiger charge is 2.22. The Bertz CT molecular complexity index is 374. The van der Waals surface area contributed by atoms with E-state index >= 15 is 0 Å². The van der Waals surface area contributed by atoms with Crippen LogP contribution < -0.4 is 0 Å². The molecule has 1 aromatic rings. The quantitative estimate of drug-likeness (QED) is 0.668. The van der Waals surface area contributed by atoms with E-state index in [0.29, 0.717) is 0 Å². The number of fused-ring (bicyclic) bond motifs is 1. The average molecular weight is 190 g/mol. The van der Waals surface area contributed by atoms with Crippen molar-refractivity contribution in [3.05, 3.63) is 29.1 Å². The molecule has 0 aromatic carbocycles. The van der Waals surface area contributed by atoms with E-state index < -0.39 is 0 Å². The van der Waals surface area contributed by atoms with Gasteiger partial charge in [-0.2, -0.15) is 0 Å². The standard InChI is InChI=1S/C11H14N2O/c1-3-8-4-5-9-10(12-8)6-7-13(2)11(9)14/h4-5H,3,6-7H2,1-2H3. The summed E-state index contributed by atoms with van der Waals surface area (Å²) in [6.45, 7) is 2.86. The van der Waals surface area contributed by atoms with Gasteiger partial charge in [0.15, 0.2) is 0 Å². The maximum Gasteiger partial charge on any atom is 0.255 e. The van der Waals surface area contributed by atoms with Crippen LogP contribution >= 0.6 is 0 Å². The molecule has 0 saturated carbocycles. The normalized spacial score (nSPS) is 15.6. The molecule has 0 bridgehead atoms. The Labute approximate surface area is 83.8 Å². The summed E-state index contributed by atoms with van der Waals surface area (Å²) in [5, 5.41) is 0. The van der Waals surface area contributed by atoms with E-state index in [4.69, 9.17) is 0 Å². The van der Waals surface area contributed by atoms with Crippen molar-refractivity contribution in [1.29, 1.82) is 0 Å². The van der Waals surface area contributed by atoms with E-state index in [-0.39, 0.29) is 5.91 Å². The minimum Gasteiger partial charge on any atom is -0.341 e. The second-order valence-electron chi connectivity index (χ2n) is 3.63. The molecule has 0 radical (unpaired) electrons. The lowest BCUT2D eigenvalue weighted by Crippen LogP contribution is -2.34. The zero-order valence-electron chi connectivity index (χ0n) is 8.58. The molecule has 1 aromatic heterocycles. The minimum atomic E-state index is 0.0985. The van der Waals surface area contributed by atoms with Crippen molar-refractivity contribution >= 4 is 5.91 Å². The second kappa shape index (κ2) is 3.40. The molecule has 14 heavy (non-hydrogen) atoms. The molecule has 1 amide bonds. The van der Waals surface area contributed by atoms with Crippen molar-refractivity contribution in [2.24, 2.45) is 0 Å². The number of nitrogens with zero attached hydrogens (tertiary/aromatic N) is 2. The number of carbonyl (C=O) groups is 1. The lowest BCUT2D eigenvalue weighted by atomic mass is 10.0. The van der Waals surface area contributed by atoms with Gasteiger partial charge in [0.25, 0.3) is 5.91 Å². The largest absolute Gasteiger partial charge is 0.341 e. The van der Waals surface area contributed by atoms with Gasteiger partial charge in [-0.1, -0.05) is 6.92 Å². The van der Waals surface area contributed by atoms with Crippen LogP contribution in [0.4, 0.5) is 0 Å². The average Bonchev–Trinajstić information content (AvgIpc) is 2.23. The zero-order chi connectivity index (χ0) is 10.1. The summed E-state index contributed by atoms with van der Waals surface area (Å²) in [5.74, 6) is 0.0985. The number of carbonyl (C=O) groups excluding carboxylic acids is 1. The molecule has 0 saturated heterocycles. The van der Waals surface area contributed by atoms with E-state index in [2.05, 4.69) is 11.9 Å². The molecule has 0 N–H and O–H groups in total. The number of rotatable bonds is 1. The van der Waals surface area contributed by atoms with E-state index in [1.165, 1.54) is 0 Å². The maximum atomic E-state index is 11.7. The summed E-state index contributed by atoms with van der Waals surface area (Å²) in [6, 6.07) is 3.84. The van der Waals surface area contributed by atoms with Crippen LogP contribution in [0.15, 0.2) is 12.1 Å². The molecule has 0 unspecified atom stereocenters. The van der Waals surface area contributed by atoms with Crippen LogP contribution in [0, 0.1) is 0 Å². The van der Waals surface area contributed by atoms with Crippen LogP contribution in [0.1, 0.15) is 28.7 Å². The Morgan fingerprint density at radius 3 is 3.00 bits per heavy atom. The number of pyridine rings is 1. The summed E-state index contributed by atoms with van der Waals surface area (Å²) < 4.78 is 0. The first-order valence-corrected chi connectivity index (χ1v) is 4.96. The van der Waals surface area contributed by atoms with E-state index in [1.54, 1.807) is 4.90 Å². The van der Waals surface area contributed by atoms with Gasteiger partial charge in [-0.15, -0.1) is 0 Å². The van der Waals surface area contributed by atoms with Gasteiger partial charge in [0.2, 0.25) is 0 Å². The van der Waals surface area contributed by atoms with Crippen LogP contribution in [0.3, 0.4) is 0 Å². The van der Waals surface area contributed by atoms with Gasteiger partial charge in [0, 0.05) is 25.7 Å². The molecule has 2 rings (SSSR count). The van der Waals surface area contributed by atoms with Gasteiger partial charge in [-0.05, 0) is 18.6 Å². The maximum absolute atomic E-state index is 11.7. The van der Waals surface area contributed by atoms with Gasteiger partial charge >= 0.3 is 0 Å². The first-order chi connectivity index (χ1) is 6.72. The third-order valence-electron chi connectivity index (χ3n) is 2.66. The Morgan fingerprint density at radius 1 is 1.50 bits per heavy atom. The molecule has 2 heterocycles. The van der Waals surface area contributed by atoms with Crippen LogP contribution in [0.25, 0.3) is 0 Å². The fourth-order valence-corrected chi connectivity index (χ4v) is 1.71. The highest BCUT2D eigenvalue weighted by atomic mass is 16.2. The Morgan fingerprint density at radius 2 is 2.29 bits per heavy atom. The predicted octanol–water partition coefficient (Wildman–Crippen LogP) is 1.27. The number of hydrogen-bond acceptors (Lipinski definition) is 2. The topological polar surface area (TPSA) is 33.2 Å². The molecule has 1 aliphatic rings. The van der Waals surface area contributed by atoms with Crippen molar-refractivity contribution in [1.82, 2.24) is 9.88 Å². The van der Waals surface area contributed by atoms with Crippen LogP contribution in [-0.4, -0.2) is 29.4 Å². The number of likely N-dealkylation sites (N-methyl/N-ethyl adjacent to an activating group) is 1. The monoisotopic (exact) mass is 190 g/mol. The van der Waals surface area contributed by atoms with Gasteiger partial charge in [0.05, 0.1) is 11.3 Å². The highest BCUT2D eigenvalue weighted by Crippen LogP contribution is 2.16. The smallest absolute Gasteiger partial charge is 0.255 e. The third-order valence-corrected chi connectivity index (χ3v) is 2.66. The lowest BCUT2D eigenvalue weighted by molar-refractivity contribution is 0.0779. The summed E-state index contributed by atoms with van der Waals surface area (Å²) in [5.41, 5.74) is 2.81. The fourth-order valence-electron chi connectivity index (χ4n) is 1.71. The van der Waals surface area contributed by atoms with Gasteiger partial charge < -0.3 is 4.90 Å². The fraction of sp³-hybridized carbons (Fsp3) is 0.455. The van der Waals surface area contributed by atoms with Crippen molar-refractivity contribution in [3.63, 3.8) is 0 Å². The number of amides is 1. The van der Waals surface area contributed by atoms with Crippen LogP contribution in [-0.2, 0) is 12.8 Å². The number of aryl methyl sites for hydroxylation is 1. The summed E-state index contributed by atoms with van der Waals surface area (Å²) in [6.07, 6.45) is 1.81. The first kappa shape index (κ1) is 9.19. The van der Waals surface area contributed by atoms with Crippen molar-refractivity contribution in [2.75, 3.05) is 13.6 Å². The van der Waals surface area contributed by atoms with Gasteiger partial charge in [-0.3, -0.25) is 9.78 Å². The second-order valence-corrected chi connectivity index (χ2v) is 3.63. The summed E-state index contributed by atoms with van der Waals surface area (Å²) >= 11 is 0. The van der Waals surface area contributed by atoms with Crippen LogP contribution in [0.5, 0.6) is 0 Å². The van der Waals surface area contributed by atoms with Crippen molar-refractivity contribution in [2.45, 2.75) is 19.8 Å². The third kappa shape index (κ3) is 1.39. The molecule has 0 fully saturated rings. The molecular formula is C11H14N2O. The summed E-state index contributed by atoms with van der Waals surface area (Å²) in [4.78, 5) is 17.9. The van der Waals surface area contributed by atoms with Crippen molar-refractivity contribution < 1.29 is 4.79 Å². The lowest BCUT2D eigenvalue weighted by Gasteiger charge is -2.24. The molecule has 0 aliphatic carbocycles. The van der Waals surface area contributed by atoms with E-state index in [9.17, 15) is 4.79 Å². The predicted molar refractivity (Wildman–Crippen MR) is 54.3 cm³/mol. The first-order valence-electron chi connectivity index (χ1n) is 4.96. The van der Waals surface area contributed by atoms with Gasteiger partial charge in [-0.25, -0.2) is 0 Å². The van der Waals surface area contributed by atoms with Gasteiger partial charge in [0.1, 0.15) is 0 Å². The minimum absolute atomic E-state index is 0.0985. The number of hydrogen-bond donors (Lipinski definition) is 0. The molecule has 74 valence electrons. The van der Waals surface area contributed by atoms with E-state index in [1.807, 2.05) is 19.2 Å². The van der Waals surface area contributed by atoms with Crippen LogP contribution in [0.2, 0.25) is 0 Å². The molecule has 0 spiro atoms. The zero-order valence-corrected chi connectivity index (χ0v) is 8.58. The Balaban J connectivity index is 2.44. The van der Waals surface area contributed by atoms with E-state index in [0.717, 1.165) is 36.3 Å². The highest BCUT2D eigenvalue weighted by molar-refractivity contribution is 5.96. The molecule has 1 aliphatic heterocycles. The SMILES string of the molecule is CCc1ccc2c(n1)CCN(C)C2=O. The van der Waals surface area contributed by atoms with Crippen molar-refractivity contribution in [3.8, 4) is 0 Å². The number of aromatic nitrogens is 1. The molecular weight excluding hydrogens is 176 g/mol. The summed E-state index contributed by atoms with van der Waals surface area (Å²) in [7, 11) is 1.83. The Kier molecular flexibility index (Phi) is 2.23. The Hall–Kier alpha value is -1.38. The molecule has 3 heteroatoms. The molecule has 3 nitrogen and oxygen atoms in total.